The van der Waals surface area contributed by atoms with Crippen molar-refractivity contribution >= 4 is 16.8 Å². The first kappa shape index (κ1) is 14.9. The Bertz CT molecular complexity index is 915. The molecule has 3 aromatic rings. The Morgan fingerprint density at radius 2 is 2.00 bits per heavy atom. The number of halogens is 1. The highest BCUT2D eigenvalue weighted by Gasteiger charge is 2.12. The summed E-state index contributed by atoms with van der Waals surface area (Å²) in [6.07, 6.45) is 1.67. The van der Waals surface area contributed by atoms with Crippen LogP contribution < -0.4 is 22.3 Å². The molecule has 2 aromatic carbocycles. The molecule has 23 heavy (non-hydrogen) atoms. The summed E-state index contributed by atoms with van der Waals surface area (Å²) in [6.45, 7) is 0. The fourth-order valence-electron chi connectivity index (χ4n) is 2.29. The number of hydrogen-bond acceptors (Lipinski definition) is 5. The molecule has 7 heteroatoms. The van der Waals surface area contributed by atoms with Crippen molar-refractivity contribution in [1.82, 2.24) is 4.98 Å². The highest BCUT2D eigenvalue weighted by atomic mass is 19.1. The summed E-state index contributed by atoms with van der Waals surface area (Å²) in [6, 6.07) is 12.3. The van der Waals surface area contributed by atoms with Crippen molar-refractivity contribution in [3.63, 3.8) is 0 Å². The van der Waals surface area contributed by atoms with Gasteiger partial charge >= 0.3 is 5.76 Å². The number of aromatic amines is 1. The van der Waals surface area contributed by atoms with E-state index in [-0.39, 0.29) is 17.5 Å². The van der Waals surface area contributed by atoms with Crippen molar-refractivity contribution in [2.75, 3.05) is 5.01 Å². The van der Waals surface area contributed by atoms with Crippen molar-refractivity contribution in [2.45, 2.75) is 6.42 Å². The minimum Gasteiger partial charge on any atom is -0.408 e. The van der Waals surface area contributed by atoms with Gasteiger partial charge in [-0.25, -0.2) is 15.0 Å². The summed E-state index contributed by atoms with van der Waals surface area (Å²) < 4.78 is 19.2. The van der Waals surface area contributed by atoms with Crippen LogP contribution >= 0.6 is 0 Å². The number of para-hydroxylation sites is 1. The van der Waals surface area contributed by atoms with Crippen molar-refractivity contribution < 1.29 is 8.81 Å². The van der Waals surface area contributed by atoms with Gasteiger partial charge in [0, 0.05) is 18.3 Å². The first-order valence-electron chi connectivity index (χ1n) is 6.90. The van der Waals surface area contributed by atoms with Crippen molar-refractivity contribution in [3.05, 3.63) is 76.3 Å². The van der Waals surface area contributed by atoms with Gasteiger partial charge in [-0.1, -0.05) is 24.3 Å². The van der Waals surface area contributed by atoms with Crippen molar-refractivity contribution in [3.8, 4) is 0 Å². The zero-order valence-electron chi connectivity index (χ0n) is 12.1. The predicted octanol–water partition coefficient (Wildman–Crippen LogP) is 1.98. The molecule has 0 fully saturated rings. The van der Waals surface area contributed by atoms with E-state index in [1.807, 2.05) is 30.3 Å². The fraction of sp³-hybridized carbons (Fsp3) is 0.0625. The number of rotatable bonds is 4. The molecule has 0 bridgehead atoms. The predicted molar refractivity (Wildman–Crippen MR) is 85.9 cm³/mol. The van der Waals surface area contributed by atoms with Gasteiger partial charge in [0.15, 0.2) is 11.4 Å². The number of nitrogens with one attached hydrogen (secondary N) is 1. The van der Waals surface area contributed by atoms with E-state index in [1.165, 1.54) is 23.3 Å². The van der Waals surface area contributed by atoms with E-state index >= 15 is 0 Å². The van der Waals surface area contributed by atoms with Crippen LogP contribution in [0.4, 0.5) is 10.1 Å². The molecule has 5 N–H and O–H groups in total. The quantitative estimate of drug-likeness (QED) is 0.505. The standard InChI is InChI=1S/C16H15FN4O2/c17-14-10(6-7-13-15(14)20-16(22)23-13)8-11(18)9-21(19)12-4-2-1-3-5-12/h1-7,9H,8,18-19H2,(H,20,22)/b11-9-. The molecule has 0 amide bonds. The van der Waals surface area contributed by atoms with Crippen LogP contribution in [-0.4, -0.2) is 4.98 Å². The average Bonchev–Trinajstić information content (AvgIpc) is 2.92. The van der Waals surface area contributed by atoms with Gasteiger partial charge in [-0.3, -0.25) is 9.99 Å². The monoisotopic (exact) mass is 314 g/mol. The molecule has 0 saturated carbocycles. The molecule has 0 aliphatic rings. The second kappa shape index (κ2) is 5.98. The normalized spacial score (nSPS) is 11.8. The lowest BCUT2D eigenvalue weighted by Crippen LogP contribution is -2.26. The summed E-state index contributed by atoms with van der Waals surface area (Å²) in [5, 5.41) is 1.37. The number of aromatic nitrogens is 1. The number of nitrogens with zero attached hydrogens (tertiary/aromatic N) is 1. The van der Waals surface area contributed by atoms with E-state index in [0.29, 0.717) is 11.3 Å². The van der Waals surface area contributed by atoms with Gasteiger partial charge in [-0.2, -0.15) is 0 Å². The van der Waals surface area contributed by atoms with Gasteiger partial charge < -0.3 is 10.2 Å². The molecule has 0 aliphatic carbocycles. The Balaban J connectivity index is 1.85. The second-order valence-corrected chi connectivity index (χ2v) is 5.05. The number of nitrogens with two attached hydrogens (primary N) is 2. The van der Waals surface area contributed by atoms with E-state index < -0.39 is 11.6 Å². The first-order chi connectivity index (χ1) is 11.0. The Morgan fingerprint density at radius 1 is 1.26 bits per heavy atom. The van der Waals surface area contributed by atoms with E-state index in [1.54, 1.807) is 0 Å². The third-order valence-corrected chi connectivity index (χ3v) is 3.37. The van der Waals surface area contributed by atoms with Crippen LogP contribution in [0.1, 0.15) is 5.56 Å². The summed E-state index contributed by atoms with van der Waals surface area (Å²) in [7, 11) is 0. The van der Waals surface area contributed by atoms with Crippen LogP contribution in [0.15, 0.2) is 63.6 Å². The molecule has 1 aromatic heterocycles. The van der Waals surface area contributed by atoms with Gasteiger partial charge in [0.1, 0.15) is 5.52 Å². The molecule has 118 valence electrons. The Hall–Kier alpha value is -3.06. The highest BCUT2D eigenvalue weighted by molar-refractivity contribution is 5.73. The van der Waals surface area contributed by atoms with Crippen LogP contribution in [-0.2, 0) is 6.42 Å². The molecule has 6 nitrogen and oxygen atoms in total. The largest absolute Gasteiger partial charge is 0.417 e. The molecule has 3 rings (SSSR count). The topological polar surface area (TPSA) is 101 Å². The van der Waals surface area contributed by atoms with Crippen LogP contribution in [0.25, 0.3) is 11.1 Å². The van der Waals surface area contributed by atoms with Gasteiger partial charge in [-0.15, -0.1) is 0 Å². The third-order valence-electron chi connectivity index (χ3n) is 3.37. The summed E-state index contributed by atoms with van der Waals surface area (Å²) in [5.74, 6) is 4.64. The Morgan fingerprint density at radius 3 is 2.74 bits per heavy atom. The molecule has 0 unspecified atom stereocenters. The molecule has 0 radical (unpaired) electrons. The van der Waals surface area contributed by atoms with Gasteiger partial charge in [-0.05, 0) is 23.8 Å². The van der Waals surface area contributed by atoms with E-state index in [4.69, 9.17) is 16.0 Å². The molecule has 1 heterocycles. The molecule has 0 spiro atoms. The molecular formula is C16H15FN4O2. The number of H-pyrrole nitrogens is 1. The molecular weight excluding hydrogens is 299 g/mol. The maximum atomic E-state index is 14.3. The zero-order valence-corrected chi connectivity index (χ0v) is 12.1. The maximum Gasteiger partial charge on any atom is 0.417 e. The van der Waals surface area contributed by atoms with Crippen LogP contribution in [0, 0.1) is 5.82 Å². The number of benzene rings is 2. The van der Waals surface area contributed by atoms with Crippen LogP contribution in [0.5, 0.6) is 0 Å². The van der Waals surface area contributed by atoms with Gasteiger partial charge in [0.25, 0.3) is 0 Å². The van der Waals surface area contributed by atoms with Crippen molar-refractivity contribution in [2.24, 2.45) is 11.6 Å². The smallest absolute Gasteiger partial charge is 0.408 e. The van der Waals surface area contributed by atoms with E-state index in [9.17, 15) is 9.18 Å². The molecule has 0 aliphatic heterocycles. The number of allylic oxidation sites excluding steroid dienone is 1. The van der Waals surface area contributed by atoms with E-state index in [2.05, 4.69) is 4.98 Å². The summed E-state index contributed by atoms with van der Waals surface area (Å²) in [4.78, 5) is 13.4. The van der Waals surface area contributed by atoms with Gasteiger partial charge in [0.05, 0.1) is 5.69 Å². The highest BCUT2D eigenvalue weighted by Crippen LogP contribution is 2.20. The lowest BCUT2D eigenvalue weighted by Gasteiger charge is -2.15. The zero-order chi connectivity index (χ0) is 16.4. The van der Waals surface area contributed by atoms with Crippen molar-refractivity contribution in [1.29, 1.82) is 0 Å². The SMILES string of the molecule is N/C(=C\N(N)c1ccccc1)Cc1ccc2oc(=O)[nH]c2c1F. The first-order valence-corrected chi connectivity index (χ1v) is 6.90. The average molecular weight is 314 g/mol. The van der Waals surface area contributed by atoms with E-state index in [0.717, 1.165) is 5.69 Å². The van der Waals surface area contributed by atoms with Crippen LogP contribution in [0.2, 0.25) is 0 Å². The maximum absolute atomic E-state index is 14.3. The number of oxazole rings is 1. The fourth-order valence-corrected chi connectivity index (χ4v) is 2.29. The second-order valence-electron chi connectivity index (χ2n) is 5.05. The Labute approximate surface area is 130 Å². The lowest BCUT2D eigenvalue weighted by molar-refractivity contribution is 0.555. The van der Waals surface area contributed by atoms with Crippen LogP contribution in [0.3, 0.4) is 0 Å². The number of fused-ring (bicyclic) bond motifs is 1. The number of anilines is 1. The lowest BCUT2D eigenvalue weighted by atomic mass is 10.1. The number of hydrazine groups is 1. The minimum absolute atomic E-state index is 0.0352. The third kappa shape index (κ3) is 3.09. The Kier molecular flexibility index (Phi) is 3.86. The minimum atomic E-state index is -0.697. The summed E-state index contributed by atoms with van der Waals surface area (Å²) in [5.41, 5.74) is 7.61. The molecule has 0 saturated heterocycles. The van der Waals surface area contributed by atoms with Gasteiger partial charge in [0.2, 0.25) is 0 Å². The molecule has 0 atom stereocenters. The summed E-state index contributed by atoms with van der Waals surface area (Å²) >= 11 is 0. The number of hydrogen-bond donors (Lipinski definition) is 3.